The number of aromatic nitrogens is 4. The van der Waals surface area contributed by atoms with E-state index in [4.69, 9.17) is 28.9 Å². The van der Waals surface area contributed by atoms with Crippen molar-refractivity contribution in [3.63, 3.8) is 0 Å². The van der Waals surface area contributed by atoms with Gasteiger partial charge in [-0.1, -0.05) is 28.3 Å². The fourth-order valence-electron chi connectivity index (χ4n) is 1.04. The van der Waals surface area contributed by atoms with Gasteiger partial charge in [-0.15, -0.1) is 0 Å². The first-order chi connectivity index (χ1) is 7.09. The molecule has 0 unspecified atom stereocenters. The number of anilines is 1. The Morgan fingerprint density at radius 1 is 1.27 bits per heavy atom. The van der Waals surface area contributed by atoms with Crippen LogP contribution in [0.5, 0.6) is 0 Å². The predicted molar refractivity (Wildman–Crippen MR) is 53.5 cm³/mol. The normalized spacial score (nSPS) is 10.6. The Hall–Kier alpha value is -1.40. The largest absolute Gasteiger partial charge is 0.366 e. The van der Waals surface area contributed by atoms with E-state index in [1.807, 2.05) is 0 Å². The summed E-state index contributed by atoms with van der Waals surface area (Å²) in [4.78, 5) is 0. The Morgan fingerprint density at radius 2 is 1.87 bits per heavy atom. The maximum Gasteiger partial charge on any atom is 0.245 e. The zero-order valence-corrected chi connectivity index (χ0v) is 8.67. The molecule has 15 heavy (non-hydrogen) atoms. The summed E-state index contributed by atoms with van der Waals surface area (Å²) >= 11 is 11.2. The SMILES string of the molecule is Nc1nnnn1-c1cc(Cl)c(F)c(Cl)c1. The standard InChI is InChI=1S/C7H4Cl2FN5/c8-4-1-3(2-5(9)6(4)10)15-7(11)12-13-14-15/h1-2H,(H2,11,12,14). The van der Waals surface area contributed by atoms with Crippen molar-refractivity contribution >= 4 is 29.2 Å². The Morgan fingerprint density at radius 3 is 2.33 bits per heavy atom. The molecule has 0 aliphatic heterocycles. The zero-order valence-electron chi connectivity index (χ0n) is 7.15. The Kier molecular flexibility index (Phi) is 2.45. The lowest BCUT2D eigenvalue weighted by Gasteiger charge is -2.04. The van der Waals surface area contributed by atoms with E-state index in [0.29, 0.717) is 5.69 Å². The molecule has 1 aromatic heterocycles. The van der Waals surface area contributed by atoms with E-state index in [2.05, 4.69) is 15.5 Å². The van der Waals surface area contributed by atoms with Crippen molar-refractivity contribution < 1.29 is 4.39 Å². The van der Waals surface area contributed by atoms with Crippen LogP contribution in [0, 0.1) is 5.82 Å². The van der Waals surface area contributed by atoms with Gasteiger partial charge in [-0.05, 0) is 22.6 Å². The highest BCUT2D eigenvalue weighted by Crippen LogP contribution is 2.26. The van der Waals surface area contributed by atoms with E-state index >= 15 is 0 Å². The second-order valence-corrected chi connectivity index (χ2v) is 3.49. The van der Waals surface area contributed by atoms with Crippen LogP contribution in [0.15, 0.2) is 12.1 Å². The van der Waals surface area contributed by atoms with E-state index in [1.54, 1.807) is 0 Å². The van der Waals surface area contributed by atoms with Gasteiger partial charge in [0.25, 0.3) is 0 Å². The van der Waals surface area contributed by atoms with E-state index in [0.717, 1.165) is 0 Å². The summed E-state index contributed by atoms with van der Waals surface area (Å²) in [5.41, 5.74) is 5.85. The summed E-state index contributed by atoms with van der Waals surface area (Å²) in [5, 5.41) is 10.2. The van der Waals surface area contributed by atoms with Gasteiger partial charge in [-0.25, -0.2) is 4.39 Å². The number of hydrogen-bond acceptors (Lipinski definition) is 4. The van der Waals surface area contributed by atoms with Gasteiger partial charge < -0.3 is 5.73 Å². The summed E-state index contributed by atoms with van der Waals surface area (Å²) < 4.78 is 14.3. The first-order valence-corrected chi connectivity index (χ1v) is 4.54. The fourth-order valence-corrected chi connectivity index (χ4v) is 1.52. The molecule has 2 rings (SSSR count). The van der Waals surface area contributed by atoms with Crippen molar-refractivity contribution in [2.24, 2.45) is 0 Å². The number of halogens is 3. The lowest BCUT2D eigenvalue weighted by molar-refractivity contribution is 0.627. The molecule has 78 valence electrons. The average molecular weight is 248 g/mol. The van der Waals surface area contributed by atoms with Crippen molar-refractivity contribution in [2.75, 3.05) is 5.73 Å². The second kappa shape index (κ2) is 3.63. The number of nitrogens with two attached hydrogens (primary N) is 1. The van der Waals surface area contributed by atoms with Crippen LogP contribution < -0.4 is 5.73 Å². The molecule has 0 aliphatic carbocycles. The van der Waals surface area contributed by atoms with Gasteiger partial charge in [0.1, 0.15) is 0 Å². The minimum Gasteiger partial charge on any atom is -0.366 e. The fraction of sp³-hybridized carbons (Fsp3) is 0. The molecule has 0 amide bonds. The summed E-state index contributed by atoms with van der Waals surface area (Å²) in [7, 11) is 0. The van der Waals surface area contributed by atoms with Crippen LogP contribution in [0.1, 0.15) is 0 Å². The molecular weight excluding hydrogens is 244 g/mol. The first kappa shape index (κ1) is 10.1. The van der Waals surface area contributed by atoms with Crippen molar-refractivity contribution in [3.05, 3.63) is 28.0 Å². The van der Waals surface area contributed by atoms with Crippen molar-refractivity contribution in [2.45, 2.75) is 0 Å². The maximum absolute atomic E-state index is 13.1. The average Bonchev–Trinajstić information content (AvgIpc) is 2.60. The summed E-state index contributed by atoms with van der Waals surface area (Å²) in [5.74, 6) is -0.623. The van der Waals surface area contributed by atoms with Crippen LogP contribution in [-0.4, -0.2) is 20.2 Å². The molecule has 1 aromatic carbocycles. The number of benzene rings is 1. The minimum atomic E-state index is -0.686. The van der Waals surface area contributed by atoms with Crippen LogP contribution in [0.25, 0.3) is 5.69 Å². The quantitative estimate of drug-likeness (QED) is 0.779. The lowest BCUT2D eigenvalue weighted by Crippen LogP contribution is -2.03. The molecule has 2 N–H and O–H groups in total. The summed E-state index contributed by atoms with van der Waals surface area (Å²) in [6.45, 7) is 0. The third-order valence-corrected chi connectivity index (χ3v) is 2.26. The number of tetrazole rings is 1. The third kappa shape index (κ3) is 1.73. The van der Waals surface area contributed by atoms with Gasteiger partial charge >= 0.3 is 0 Å². The van der Waals surface area contributed by atoms with E-state index in [1.165, 1.54) is 16.8 Å². The molecule has 0 saturated heterocycles. The Balaban J connectivity index is 2.60. The molecule has 8 heteroatoms. The molecule has 0 atom stereocenters. The first-order valence-electron chi connectivity index (χ1n) is 3.78. The summed E-state index contributed by atoms with van der Waals surface area (Å²) in [6.07, 6.45) is 0. The molecule has 0 spiro atoms. The molecule has 0 aliphatic rings. The summed E-state index contributed by atoms with van der Waals surface area (Å²) in [6, 6.07) is 2.66. The molecule has 1 heterocycles. The highest BCUT2D eigenvalue weighted by molar-refractivity contribution is 6.35. The molecular formula is C7H4Cl2FN5. The van der Waals surface area contributed by atoms with Gasteiger partial charge in [0, 0.05) is 0 Å². The number of rotatable bonds is 1. The topological polar surface area (TPSA) is 69.6 Å². The third-order valence-electron chi connectivity index (χ3n) is 1.71. The van der Waals surface area contributed by atoms with Gasteiger partial charge in [-0.3, -0.25) is 0 Å². The second-order valence-electron chi connectivity index (χ2n) is 2.67. The minimum absolute atomic E-state index is 0.0636. The number of nitrogen functional groups attached to an aromatic ring is 1. The van der Waals surface area contributed by atoms with Crippen LogP contribution in [0.2, 0.25) is 10.0 Å². The van der Waals surface area contributed by atoms with E-state index in [-0.39, 0.29) is 16.0 Å². The van der Waals surface area contributed by atoms with Crippen molar-refractivity contribution in [3.8, 4) is 5.69 Å². The monoisotopic (exact) mass is 247 g/mol. The van der Waals surface area contributed by atoms with Crippen molar-refractivity contribution in [1.82, 2.24) is 20.2 Å². The van der Waals surface area contributed by atoms with Crippen LogP contribution >= 0.6 is 23.2 Å². The van der Waals surface area contributed by atoms with Gasteiger partial charge in [0.2, 0.25) is 5.95 Å². The highest BCUT2D eigenvalue weighted by atomic mass is 35.5. The van der Waals surface area contributed by atoms with E-state index < -0.39 is 5.82 Å². The molecule has 0 radical (unpaired) electrons. The maximum atomic E-state index is 13.1. The van der Waals surface area contributed by atoms with Crippen LogP contribution in [-0.2, 0) is 0 Å². The number of nitrogens with zero attached hydrogens (tertiary/aromatic N) is 4. The Labute approximate surface area is 93.6 Å². The van der Waals surface area contributed by atoms with Crippen molar-refractivity contribution in [1.29, 1.82) is 0 Å². The smallest absolute Gasteiger partial charge is 0.245 e. The lowest BCUT2D eigenvalue weighted by atomic mass is 10.3. The molecule has 5 nitrogen and oxygen atoms in total. The van der Waals surface area contributed by atoms with Gasteiger partial charge in [0.15, 0.2) is 5.82 Å². The zero-order chi connectivity index (χ0) is 11.0. The van der Waals surface area contributed by atoms with Crippen LogP contribution in [0.4, 0.5) is 10.3 Å². The predicted octanol–water partition coefficient (Wildman–Crippen LogP) is 1.69. The highest BCUT2D eigenvalue weighted by Gasteiger charge is 2.11. The Bertz CT molecular complexity index is 489. The van der Waals surface area contributed by atoms with Crippen LogP contribution in [0.3, 0.4) is 0 Å². The van der Waals surface area contributed by atoms with Gasteiger partial charge in [-0.2, -0.15) is 4.68 Å². The molecule has 2 aromatic rings. The number of hydrogen-bond donors (Lipinski definition) is 1. The molecule has 0 fully saturated rings. The molecule has 0 saturated carbocycles. The molecule has 0 bridgehead atoms. The van der Waals surface area contributed by atoms with Gasteiger partial charge in [0.05, 0.1) is 15.7 Å². The van der Waals surface area contributed by atoms with E-state index in [9.17, 15) is 4.39 Å².